The van der Waals surface area contributed by atoms with E-state index in [4.69, 9.17) is 9.47 Å². The van der Waals surface area contributed by atoms with Gasteiger partial charge in [0.25, 0.3) is 0 Å². The smallest absolute Gasteiger partial charge is 0.330 e. The van der Waals surface area contributed by atoms with Crippen LogP contribution >= 0.6 is 0 Å². The first-order valence-corrected chi connectivity index (χ1v) is 5.57. The SMILES string of the molecule is C=CC(=O)OCC1(C)OC1(C)c1ccccc1. The van der Waals surface area contributed by atoms with E-state index in [1.54, 1.807) is 0 Å². The van der Waals surface area contributed by atoms with Crippen molar-refractivity contribution < 1.29 is 14.3 Å². The molecule has 0 radical (unpaired) electrons. The van der Waals surface area contributed by atoms with E-state index in [0.717, 1.165) is 11.6 Å². The number of ether oxygens (including phenoxy) is 2. The molecule has 1 aliphatic rings. The van der Waals surface area contributed by atoms with Gasteiger partial charge < -0.3 is 9.47 Å². The summed E-state index contributed by atoms with van der Waals surface area (Å²) >= 11 is 0. The zero-order chi connectivity index (χ0) is 12.5. The minimum absolute atomic E-state index is 0.239. The Morgan fingerprint density at radius 1 is 1.41 bits per heavy atom. The molecule has 0 saturated carbocycles. The second-order valence-electron chi connectivity index (χ2n) is 4.54. The zero-order valence-electron chi connectivity index (χ0n) is 10.1. The molecule has 3 heteroatoms. The van der Waals surface area contributed by atoms with E-state index in [-0.39, 0.29) is 12.2 Å². The van der Waals surface area contributed by atoms with E-state index in [1.165, 1.54) is 0 Å². The second kappa shape index (κ2) is 4.00. The van der Waals surface area contributed by atoms with E-state index < -0.39 is 11.6 Å². The topological polar surface area (TPSA) is 38.8 Å². The lowest BCUT2D eigenvalue weighted by atomic mass is 9.89. The number of hydrogen-bond acceptors (Lipinski definition) is 3. The lowest BCUT2D eigenvalue weighted by molar-refractivity contribution is -0.139. The van der Waals surface area contributed by atoms with Gasteiger partial charge in [-0.3, -0.25) is 0 Å². The van der Waals surface area contributed by atoms with Crippen LogP contribution in [0, 0.1) is 0 Å². The van der Waals surface area contributed by atoms with Gasteiger partial charge in [0, 0.05) is 6.08 Å². The van der Waals surface area contributed by atoms with Gasteiger partial charge in [-0.2, -0.15) is 0 Å². The molecule has 2 rings (SSSR count). The molecule has 0 aromatic heterocycles. The average Bonchev–Trinajstić information content (AvgIpc) is 2.92. The minimum atomic E-state index is -0.451. The van der Waals surface area contributed by atoms with E-state index in [9.17, 15) is 4.79 Å². The molecule has 1 fully saturated rings. The second-order valence-corrected chi connectivity index (χ2v) is 4.54. The lowest BCUT2D eigenvalue weighted by Crippen LogP contribution is -2.25. The Labute approximate surface area is 101 Å². The van der Waals surface area contributed by atoms with E-state index in [2.05, 4.69) is 6.58 Å². The van der Waals surface area contributed by atoms with Gasteiger partial charge in [0.05, 0.1) is 0 Å². The third kappa shape index (κ3) is 1.98. The van der Waals surface area contributed by atoms with Gasteiger partial charge in [0.1, 0.15) is 17.8 Å². The van der Waals surface area contributed by atoms with Crippen LogP contribution in [0.1, 0.15) is 19.4 Å². The largest absolute Gasteiger partial charge is 0.459 e. The number of carbonyl (C=O) groups excluding carboxylic acids is 1. The van der Waals surface area contributed by atoms with Crippen LogP contribution in [0.5, 0.6) is 0 Å². The summed E-state index contributed by atoms with van der Waals surface area (Å²) in [5.74, 6) is -0.419. The first-order valence-electron chi connectivity index (χ1n) is 5.57. The van der Waals surface area contributed by atoms with E-state index in [1.807, 2.05) is 44.2 Å². The number of carbonyl (C=O) groups is 1. The molecule has 1 saturated heterocycles. The predicted molar refractivity (Wildman–Crippen MR) is 64.4 cm³/mol. The van der Waals surface area contributed by atoms with Crippen LogP contribution in [0.15, 0.2) is 43.0 Å². The fourth-order valence-corrected chi connectivity index (χ4v) is 1.98. The number of benzene rings is 1. The highest BCUT2D eigenvalue weighted by atomic mass is 16.7. The lowest BCUT2D eigenvalue weighted by Gasteiger charge is -2.12. The summed E-state index contributed by atoms with van der Waals surface area (Å²) in [6.07, 6.45) is 1.16. The van der Waals surface area contributed by atoms with Crippen LogP contribution in [-0.2, 0) is 19.9 Å². The van der Waals surface area contributed by atoms with E-state index >= 15 is 0 Å². The predicted octanol–water partition coefficient (Wildman–Crippen LogP) is 2.42. The number of hydrogen-bond donors (Lipinski definition) is 0. The molecule has 2 unspecified atom stereocenters. The van der Waals surface area contributed by atoms with Crippen molar-refractivity contribution in [3.05, 3.63) is 48.6 Å². The minimum Gasteiger partial charge on any atom is -0.459 e. The van der Waals surface area contributed by atoms with Crippen LogP contribution in [0.4, 0.5) is 0 Å². The van der Waals surface area contributed by atoms with Gasteiger partial charge in [0.15, 0.2) is 0 Å². The molecule has 1 aromatic carbocycles. The van der Waals surface area contributed by atoms with Crippen LogP contribution < -0.4 is 0 Å². The quantitative estimate of drug-likeness (QED) is 0.454. The molecule has 0 N–H and O–H groups in total. The normalized spacial score (nSPS) is 30.7. The van der Waals surface area contributed by atoms with Crippen LogP contribution in [-0.4, -0.2) is 18.2 Å². The summed E-state index contributed by atoms with van der Waals surface area (Å²) in [7, 11) is 0. The Morgan fingerprint density at radius 2 is 2.06 bits per heavy atom. The van der Waals surface area contributed by atoms with Gasteiger partial charge in [-0.05, 0) is 19.4 Å². The Balaban J connectivity index is 2.07. The monoisotopic (exact) mass is 232 g/mol. The number of rotatable bonds is 4. The molecule has 0 amide bonds. The highest BCUT2D eigenvalue weighted by Gasteiger charge is 2.65. The Hall–Kier alpha value is -1.61. The van der Waals surface area contributed by atoms with Gasteiger partial charge in [-0.15, -0.1) is 0 Å². The van der Waals surface area contributed by atoms with Gasteiger partial charge in [-0.25, -0.2) is 4.79 Å². The number of epoxide rings is 1. The molecular formula is C14H16O3. The van der Waals surface area contributed by atoms with Gasteiger partial charge >= 0.3 is 5.97 Å². The summed E-state index contributed by atoms with van der Waals surface area (Å²) in [5.41, 5.74) is 0.264. The van der Waals surface area contributed by atoms with Gasteiger partial charge in [0.2, 0.25) is 0 Å². The van der Waals surface area contributed by atoms with Crippen molar-refractivity contribution in [3.63, 3.8) is 0 Å². The Morgan fingerprint density at radius 3 is 2.65 bits per heavy atom. The first-order chi connectivity index (χ1) is 8.02. The molecule has 0 aliphatic carbocycles. The molecule has 17 heavy (non-hydrogen) atoms. The maximum absolute atomic E-state index is 11.0. The third-order valence-corrected chi connectivity index (χ3v) is 3.38. The fraction of sp³-hybridized carbons (Fsp3) is 0.357. The van der Waals surface area contributed by atoms with Crippen molar-refractivity contribution in [1.82, 2.24) is 0 Å². The summed E-state index contributed by atoms with van der Waals surface area (Å²) in [5, 5.41) is 0. The molecule has 1 heterocycles. The van der Waals surface area contributed by atoms with Crippen molar-refractivity contribution >= 4 is 5.97 Å². The zero-order valence-corrected chi connectivity index (χ0v) is 10.1. The summed E-state index contributed by atoms with van der Waals surface area (Å²) in [6, 6.07) is 9.93. The third-order valence-electron chi connectivity index (χ3n) is 3.38. The molecule has 90 valence electrons. The van der Waals surface area contributed by atoms with E-state index in [0.29, 0.717) is 0 Å². The molecule has 2 atom stereocenters. The van der Waals surface area contributed by atoms with Crippen molar-refractivity contribution in [2.24, 2.45) is 0 Å². The Bertz CT molecular complexity index is 440. The molecule has 1 aliphatic heterocycles. The summed E-state index contributed by atoms with van der Waals surface area (Å²) in [6.45, 7) is 7.55. The average molecular weight is 232 g/mol. The summed E-state index contributed by atoms with van der Waals surface area (Å²) in [4.78, 5) is 11.0. The van der Waals surface area contributed by atoms with Crippen molar-refractivity contribution in [2.75, 3.05) is 6.61 Å². The number of esters is 1. The van der Waals surface area contributed by atoms with Crippen molar-refractivity contribution in [3.8, 4) is 0 Å². The maximum atomic E-state index is 11.0. The van der Waals surface area contributed by atoms with Crippen molar-refractivity contribution in [1.29, 1.82) is 0 Å². The van der Waals surface area contributed by atoms with Crippen LogP contribution in [0.2, 0.25) is 0 Å². The van der Waals surface area contributed by atoms with Crippen LogP contribution in [0.25, 0.3) is 0 Å². The summed E-state index contributed by atoms with van der Waals surface area (Å²) < 4.78 is 10.8. The van der Waals surface area contributed by atoms with Crippen molar-refractivity contribution in [2.45, 2.75) is 25.0 Å². The van der Waals surface area contributed by atoms with Gasteiger partial charge in [-0.1, -0.05) is 36.9 Å². The first kappa shape index (κ1) is 11.9. The Kier molecular flexibility index (Phi) is 2.79. The standard InChI is InChI=1S/C14H16O3/c1-4-12(15)16-10-13(2)14(3,17-13)11-8-6-5-7-9-11/h4-9H,1,10H2,2-3H3. The molecule has 3 nitrogen and oxygen atoms in total. The maximum Gasteiger partial charge on any atom is 0.330 e. The highest BCUT2D eigenvalue weighted by Crippen LogP contribution is 2.55. The fourth-order valence-electron chi connectivity index (χ4n) is 1.98. The molecule has 1 aromatic rings. The highest BCUT2D eigenvalue weighted by molar-refractivity contribution is 5.81. The van der Waals surface area contributed by atoms with Crippen LogP contribution in [0.3, 0.4) is 0 Å². The molecular weight excluding hydrogens is 216 g/mol. The molecule has 0 bridgehead atoms. The molecule has 0 spiro atoms.